The van der Waals surface area contributed by atoms with Crippen molar-refractivity contribution in [2.45, 2.75) is 36.8 Å². The number of phenols is 1. The molecule has 0 spiro atoms. The first-order valence-corrected chi connectivity index (χ1v) is 11.8. The van der Waals surface area contributed by atoms with Gasteiger partial charge in [0.1, 0.15) is 5.75 Å². The van der Waals surface area contributed by atoms with E-state index < -0.39 is 15.9 Å². The molecule has 168 valence electrons. The predicted octanol–water partition coefficient (Wildman–Crippen LogP) is 2.19. The number of ether oxygens (including phenoxy) is 2. The Kier molecular flexibility index (Phi) is 8.42. The van der Waals surface area contributed by atoms with E-state index in [1.807, 2.05) is 30.3 Å². The zero-order valence-electron chi connectivity index (χ0n) is 17.2. The molecule has 31 heavy (non-hydrogen) atoms. The fourth-order valence-electron chi connectivity index (χ4n) is 3.18. The molecule has 0 unspecified atom stereocenters. The second-order valence-electron chi connectivity index (χ2n) is 7.31. The van der Waals surface area contributed by atoms with Crippen LogP contribution in [0, 0.1) is 0 Å². The number of nitrogens with one attached hydrogen (secondary N) is 2. The Balaban J connectivity index is 1.50. The molecule has 2 aromatic carbocycles. The molecule has 1 aliphatic heterocycles. The number of phenolic OH excluding ortho intramolecular Hbond substituents is 1. The number of benzene rings is 2. The summed E-state index contributed by atoms with van der Waals surface area (Å²) in [5.74, 6) is -0.828. The second-order valence-corrected chi connectivity index (χ2v) is 9.08. The molecule has 0 saturated carbocycles. The summed E-state index contributed by atoms with van der Waals surface area (Å²) in [7, 11) is -3.84. The van der Waals surface area contributed by atoms with Gasteiger partial charge in [0.2, 0.25) is 10.0 Å². The minimum absolute atomic E-state index is 0.0914. The van der Waals surface area contributed by atoms with Gasteiger partial charge in [0.05, 0.1) is 23.2 Å². The largest absolute Gasteiger partial charge is 0.507 e. The zero-order valence-corrected chi connectivity index (χ0v) is 18.1. The summed E-state index contributed by atoms with van der Waals surface area (Å²) in [4.78, 5) is 12.3. The van der Waals surface area contributed by atoms with Crippen LogP contribution in [0.25, 0.3) is 0 Å². The van der Waals surface area contributed by atoms with Crippen LogP contribution in [-0.2, 0) is 26.0 Å². The lowest BCUT2D eigenvalue weighted by atomic mass is 10.2. The summed E-state index contributed by atoms with van der Waals surface area (Å²) in [5, 5.41) is 12.7. The maximum absolute atomic E-state index is 12.6. The number of sulfonamides is 1. The molecule has 8 nitrogen and oxygen atoms in total. The van der Waals surface area contributed by atoms with E-state index in [4.69, 9.17) is 9.47 Å². The molecular formula is C22H28N2O6S. The van der Waals surface area contributed by atoms with Crippen LogP contribution in [0.4, 0.5) is 0 Å². The van der Waals surface area contributed by atoms with Gasteiger partial charge in [0.25, 0.3) is 5.91 Å². The minimum atomic E-state index is -3.84. The van der Waals surface area contributed by atoms with E-state index in [9.17, 15) is 18.3 Å². The van der Waals surface area contributed by atoms with Gasteiger partial charge in [0.15, 0.2) is 0 Å². The number of hydrogen-bond acceptors (Lipinski definition) is 6. The predicted molar refractivity (Wildman–Crippen MR) is 115 cm³/mol. The summed E-state index contributed by atoms with van der Waals surface area (Å²) >= 11 is 0. The summed E-state index contributed by atoms with van der Waals surface area (Å²) in [6.07, 6.45) is 2.82. The first kappa shape index (κ1) is 23.2. The molecule has 1 amide bonds. The first-order chi connectivity index (χ1) is 15.0. The second kappa shape index (κ2) is 11.2. The number of hydrogen-bond donors (Lipinski definition) is 3. The molecule has 0 aliphatic carbocycles. The molecule has 9 heteroatoms. The molecule has 1 saturated heterocycles. The first-order valence-electron chi connectivity index (χ1n) is 10.3. The number of aromatic hydroxyl groups is 1. The molecular weight excluding hydrogens is 420 g/mol. The van der Waals surface area contributed by atoms with Crippen molar-refractivity contribution in [2.24, 2.45) is 0 Å². The van der Waals surface area contributed by atoms with Crippen LogP contribution in [0.2, 0.25) is 0 Å². The molecule has 1 atom stereocenters. The molecule has 3 rings (SSSR count). The van der Waals surface area contributed by atoms with Crippen molar-refractivity contribution in [2.75, 3.05) is 26.4 Å². The SMILES string of the molecule is O=C(NCCCOC[C@@H]1CCCO1)c1cc(S(=O)(=O)NCc2ccccc2)ccc1O. The highest BCUT2D eigenvalue weighted by Gasteiger charge is 2.19. The van der Waals surface area contributed by atoms with Crippen LogP contribution in [0.15, 0.2) is 53.4 Å². The maximum atomic E-state index is 12.6. The highest BCUT2D eigenvalue weighted by Crippen LogP contribution is 2.21. The van der Waals surface area contributed by atoms with Gasteiger partial charge < -0.3 is 19.9 Å². The summed E-state index contributed by atoms with van der Waals surface area (Å²) in [6.45, 7) is 2.27. The van der Waals surface area contributed by atoms with Crippen molar-refractivity contribution in [3.63, 3.8) is 0 Å². The topological polar surface area (TPSA) is 114 Å². The van der Waals surface area contributed by atoms with E-state index in [2.05, 4.69) is 10.0 Å². The molecule has 1 aliphatic rings. The molecule has 3 N–H and O–H groups in total. The van der Waals surface area contributed by atoms with Gasteiger partial charge in [-0.05, 0) is 43.0 Å². The van der Waals surface area contributed by atoms with Crippen molar-refractivity contribution in [1.29, 1.82) is 0 Å². The van der Waals surface area contributed by atoms with E-state index in [-0.39, 0.29) is 28.9 Å². The van der Waals surface area contributed by atoms with Crippen LogP contribution in [0.5, 0.6) is 5.75 Å². The Hall–Kier alpha value is -2.46. The number of amides is 1. The van der Waals surface area contributed by atoms with Crippen molar-refractivity contribution in [3.8, 4) is 5.75 Å². The quantitative estimate of drug-likeness (QED) is 0.454. The molecule has 1 heterocycles. The van der Waals surface area contributed by atoms with E-state index in [1.54, 1.807) is 0 Å². The smallest absolute Gasteiger partial charge is 0.255 e. The standard InChI is InChI=1S/C22H28N2O6S/c25-21-10-9-19(31(27,28)24-15-17-6-2-1-3-7-17)14-20(21)22(26)23-11-5-12-29-16-18-8-4-13-30-18/h1-3,6-7,9-10,14,18,24-25H,4-5,8,11-13,15-16H2,(H,23,26)/t18-/m0/s1. The van der Waals surface area contributed by atoms with E-state index >= 15 is 0 Å². The van der Waals surface area contributed by atoms with Crippen molar-refractivity contribution in [1.82, 2.24) is 10.0 Å². The van der Waals surface area contributed by atoms with E-state index in [0.29, 0.717) is 26.2 Å². The minimum Gasteiger partial charge on any atom is -0.507 e. The highest BCUT2D eigenvalue weighted by molar-refractivity contribution is 7.89. The molecule has 0 bridgehead atoms. The summed E-state index contributed by atoms with van der Waals surface area (Å²) in [6, 6.07) is 12.7. The monoisotopic (exact) mass is 448 g/mol. The third-order valence-electron chi connectivity index (χ3n) is 4.91. The van der Waals surface area contributed by atoms with Gasteiger partial charge in [-0.1, -0.05) is 30.3 Å². The lowest BCUT2D eigenvalue weighted by Gasteiger charge is -2.12. The van der Waals surface area contributed by atoms with Gasteiger partial charge in [0, 0.05) is 26.3 Å². The molecule has 2 aromatic rings. The van der Waals surface area contributed by atoms with Gasteiger partial charge in [-0.15, -0.1) is 0 Å². The molecule has 1 fully saturated rings. The summed E-state index contributed by atoms with van der Waals surface area (Å²) in [5.41, 5.74) is 0.715. The Morgan fingerprint density at radius 1 is 1.19 bits per heavy atom. The Bertz CT molecular complexity index is 959. The number of rotatable bonds is 11. The van der Waals surface area contributed by atoms with Crippen molar-refractivity contribution in [3.05, 3.63) is 59.7 Å². The molecule has 0 radical (unpaired) electrons. The van der Waals surface area contributed by atoms with E-state index in [1.165, 1.54) is 18.2 Å². The van der Waals surface area contributed by atoms with Gasteiger partial charge in [-0.3, -0.25) is 4.79 Å². The van der Waals surface area contributed by atoms with E-state index in [0.717, 1.165) is 25.0 Å². The van der Waals surface area contributed by atoms with Crippen LogP contribution >= 0.6 is 0 Å². The van der Waals surface area contributed by atoms with Crippen LogP contribution < -0.4 is 10.0 Å². The lowest BCUT2D eigenvalue weighted by Crippen LogP contribution is -2.27. The number of carbonyl (C=O) groups is 1. The van der Waals surface area contributed by atoms with Gasteiger partial charge >= 0.3 is 0 Å². The van der Waals surface area contributed by atoms with Crippen LogP contribution in [-0.4, -0.2) is 51.9 Å². The van der Waals surface area contributed by atoms with Crippen LogP contribution in [0.1, 0.15) is 35.2 Å². The average molecular weight is 449 g/mol. The fourth-order valence-corrected chi connectivity index (χ4v) is 4.23. The fraction of sp³-hybridized carbons (Fsp3) is 0.409. The van der Waals surface area contributed by atoms with Gasteiger partial charge in [-0.25, -0.2) is 13.1 Å². The highest BCUT2D eigenvalue weighted by atomic mass is 32.2. The lowest BCUT2D eigenvalue weighted by molar-refractivity contribution is 0.0166. The van der Waals surface area contributed by atoms with Crippen LogP contribution in [0.3, 0.4) is 0 Å². The normalized spacial score (nSPS) is 16.3. The van der Waals surface area contributed by atoms with Gasteiger partial charge in [-0.2, -0.15) is 0 Å². The summed E-state index contributed by atoms with van der Waals surface area (Å²) < 4.78 is 38.7. The Morgan fingerprint density at radius 2 is 2.00 bits per heavy atom. The van der Waals surface area contributed by atoms with Crippen molar-refractivity contribution < 1.29 is 27.8 Å². The maximum Gasteiger partial charge on any atom is 0.255 e. The third-order valence-corrected chi connectivity index (χ3v) is 6.31. The zero-order chi connectivity index (χ0) is 22.1. The Morgan fingerprint density at radius 3 is 2.74 bits per heavy atom. The Labute approximate surface area is 182 Å². The molecule has 0 aromatic heterocycles. The number of carbonyl (C=O) groups excluding carboxylic acids is 1. The van der Waals surface area contributed by atoms with Crippen molar-refractivity contribution >= 4 is 15.9 Å². The average Bonchev–Trinajstić information content (AvgIpc) is 3.29. The third kappa shape index (κ3) is 7.03.